The number of nitrogens with one attached hydrogen (secondary N) is 2. The van der Waals surface area contributed by atoms with E-state index in [0.717, 1.165) is 6.07 Å². The van der Waals surface area contributed by atoms with Gasteiger partial charge in [0.15, 0.2) is 0 Å². The highest BCUT2D eigenvalue weighted by Gasteiger charge is 2.40. The number of aliphatic hydroxyl groups is 3. The predicted octanol–water partition coefficient (Wildman–Crippen LogP) is 0.485. The van der Waals surface area contributed by atoms with Gasteiger partial charge in [-0.15, -0.1) is 6.42 Å². The highest BCUT2D eigenvalue weighted by Crippen LogP contribution is 2.33. The lowest BCUT2D eigenvalue weighted by molar-refractivity contribution is -0.133. The molecule has 0 heterocycles. The highest BCUT2D eigenvalue weighted by molar-refractivity contribution is 5.97. The molecule has 0 spiro atoms. The molecule has 0 bridgehead atoms. The Morgan fingerprint density at radius 1 is 1.39 bits per heavy atom. The average Bonchev–Trinajstić information content (AvgIpc) is 2.80. The van der Waals surface area contributed by atoms with Crippen molar-refractivity contribution in [2.45, 2.75) is 17.8 Å². The molecule has 1 aromatic carbocycles. The summed E-state index contributed by atoms with van der Waals surface area (Å²) in [6.45, 7) is -1.81. The first kappa shape index (κ1) is 25.9. The van der Waals surface area contributed by atoms with E-state index in [4.69, 9.17) is 21.5 Å². The summed E-state index contributed by atoms with van der Waals surface area (Å²) < 4.78 is 44.1. The first-order valence-corrected chi connectivity index (χ1v) is 9.54. The van der Waals surface area contributed by atoms with E-state index in [1.165, 1.54) is 12.1 Å². The lowest BCUT2D eigenvalue weighted by Crippen LogP contribution is -2.40. The number of oxime groups is 1. The van der Waals surface area contributed by atoms with Gasteiger partial charge in [-0.3, -0.25) is 9.63 Å². The zero-order chi connectivity index (χ0) is 24.4. The van der Waals surface area contributed by atoms with Gasteiger partial charge in [0, 0.05) is 11.1 Å². The standard InChI is InChI=1S/C21H22F3N3O6/c1-2-13-3-4-17(16(22)7-13)26-18-8-19(23)21(24,12-25-32-6-5-28)9-15(18)20(31)27-33-11-14(30)10-29/h1,3-4,7-9,12,14,18,26,28-30H,5-6,10-11H2,(H,27,31)/b25-12+. The van der Waals surface area contributed by atoms with E-state index in [9.17, 15) is 18.7 Å². The number of amides is 1. The number of aliphatic hydroxyl groups excluding tert-OH is 3. The first-order valence-electron chi connectivity index (χ1n) is 9.54. The summed E-state index contributed by atoms with van der Waals surface area (Å²) in [4.78, 5) is 21.9. The summed E-state index contributed by atoms with van der Waals surface area (Å²) >= 11 is 0. The number of hydrogen-bond donors (Lipinski definition) is 5. The molecule has 0 aliphatic heterocycles. The smallest absolute Gasteiger partial charge is 0.273 e. The van der Waals surface area contributed by atoms with Gasteiger partial charge < -0.3 is 25.5 Å². The number of allylic oxidation sites excluding steroid dienone is 2. The lowest BCUT2D eigenvalue weighted by atomic mass is 9.90. The second-order valence-electron chi connectivity index (χ2n) is 6.71. The van der Waals surface area contributed by atoms with Crippen LogP contribution in [-0.4, -0.2) is 71.7 Å². The Hall–Kier alpha value is -3.37. The van der Waals surface area contributed by atoms with Crippen LogP contribution in [0.5, 0.6) is 0 Å². The molecule has 3 unspecified atom stereocenters. The van der Waals surface area contributed by atoms with Crippen LogP contribution in [0.4, 0.5) is 18.9 Å². The Morgan fingerprint density at radius 3 is 2.79 bits per heavy atom. The molecule has 1 aromatic rings. The van der Waals surface area contributed by atoms with Gasteiger partial charge in [-0.05, 0) is 30.4 Å². The van der Waals surface area contributed by atoms with Crippen LogP contribution in [0.3, 0.4) is 0 Å². The third kappa shape index (κ3) is 7.06. The molecule has 0 saturated carbocycles. The second kappa shape index (κ2) is 12.0. The van der Waals surface area contributed by atoms with Crippen molar-refractivity contribution < 1.29 is 43.0 Å². The van der Waals surface area contributed by atoms with E-state index >= 15 is 4.39 Å². The molecule has 0 fully saturated rings. The predicted molar refractivity (Wildman–Crippen MR) is 112 cm³/mol. The fraction of sp³-hybridized carbons (Fsp3) is 0.333. The van der Waals surface area contributed by atoms with Crippen molar-refractivity contribution in [3.05, 3.63) is 53.1 Å². The number of carbonyl (C=O) groups excluding carboxylic acids is 1. The molecular weight excluding hydrogens is 447 g/mol. The van der Waals surface area contributed by atoms with Gasteiger partial charge in [0.2, 0.25) is 5.67 Å². The van der Waals surface area contributed by atoms with Crippen LogP contribution < -0.4 is 10.8 Å². The molecule has 5 N–H and O–H groups in total. The van der Waals surface area contributed by atoms with Crippen molar-refractivity contribution in [3.63, 3.8) is 0 Å². The lowest BCUT2D eigenvalue weighted by Gasteiger charge is -2.28. The van der Waals surface area contributed by atoms with E-state index < -0.39 is 60.8 Å². The minimum absolute atomic E-state index is 0.148. The SMILES string of the molecule is C#Cc1ccc(NC2C=C(F)C(F)(/C=N/OCCO)C=C2C(=O)NOCC(O)CO)c(F)c1. The van der Waals surface area contributed by atoms with E-state index in [1.807, 2.05) is 5.48 Å². The monoisotopic (exact) mass is 469 g/mol. The van der Waals surface area contributed by atoms with Crippen molar-refractivity contribution in [1.29, 1.82) is 0 Å². The molecule has 0 aromatic heterocycles. The van der Waals surface area contributed by atoms with Gasteiger partial charge in [-0.1, -0.05) is 11.1 Å². The van der Waals surface area contributed by atoms with Gasteiger partial charge in [0.05, 0.1) is 31.2 Å². The molecule has 0 radical (unpaired) electrons. The van der Waals surface area contributed by atoms with E-state index in [1.54, 1.807) is 0 Å². The number of carbonyl (C=O) groups is 1. The zero-order valence-corrected chi connectivity index (χ0v) is 17.2. The number of hydrogen-bond acceptors (Lipinski definition) is 8. The van der Waals surface area contributed by atoms with E-state index in [0.29, 0.717) is 18.4 Å². The number of rotatable bonds is 11. The van der Waals surface area contributed by atoms with E-state index in [2.05, 4.69) is 21.2 Å². The van der Waals surface area contributed by atoms with Crippen molar-refractivity contribution in [1.82, 2.24) is 5.48 Å². The third-order valence-corrected chi connectivity index (χ3v) is 4.24. The molecule has 12 heteroatoms. The van der Waals surface area contributed by atoms with Crippen LogP contribution in [0, 0.1) is 18.2 Å². The molecule has 1 amide bonds. The molecule has 1 aliphatic rings. The maximum Gasteiger partial charge on any atom is 0.273 e. The number of benzene rings is 1. The van der Waals surface area contributed by atoms with Gasteiger partial charge >= 0.3 is 0 Å². The van der Waals surface area contributed by atoms with Gasteiger partial charge in [0.1, 0.15) is 31.0 Å². The van der Waals surface area contributed by atoms with Crippen LogP contribution in [0.15, 0.2) is 46.9 Å². The second-order valence-corrected chi connectivity index (χ2v) is 6.71. The fourth-order valence-corrected chi connectivity index (χ4v) is 2.59. The number of hydroxylamine groups is 1. The van der Waals surface area contributed by atoms with Crippen LogP contribution >= 0.6 is 0 Å². The summed E-state index contributed by atoms with van der Waals surface area (Å²) in [7, 11) is 0. The van der Waals surface area contributed by atoms with Crippen molar-refractivity contribution in [2.75, 3.05) is 31.7 Å². The molecule has 1 aliphatic carbocycles. The van der Waals surface area contributed by atoms with Crippen molar-refractivity contribution in [3.8, 4) is 12.3 Å². The van der Waals surface area contributed by atoms with Gasteiger partial charge in [0.25, 0.3) is 5.91 Å². The molecule has 0 saturated heterocycles. The summed E-state index contributed by atoms with van der Waals surface area (Å²) in [6.07, 6.45) is 5.64. The number of halogens is 3. The molecule has 33 heavy (non-hydrogen) atoms. The largest absolute Gasteiger partial charge is 0.394 e. The number of alkyl halides is 1. The maximum absolute atomic E-state index is 15.2. The Bertz CT molecular complexity index is 978. The average molecular weight is 469 g/mol. The summed E-state index contributed by atoms with van der Waals surface area (Å²) in [5.41, 5.74) is -1.39. The quantitative estimate of drug-likeness (QED) is 0.138. The summed E-state index contributed by atoms with van der Waals surface area (Å²) in [5, 5.41) is 32.5. The Balaban J connectivity index is 2.32. The highest BCUT2D eigenvalue weighted by atomic mass is 19.2. The Labute approximate surface area is 187 Å². The van der Waals surface area contributed by atoms with Crippen LogP contribution in [0.1, 0.15) is 5.56 Å². The molecule has 9 nitrogen and oxygen atoms in total. The molecule has 3 atom stereocenters. The summed E-state index contributed by atoms with van der Waals surface area (Å²) in [6, 6.07) is 2.36. The summed E-state index contributed by atoms with van der Waals surface area (Å²) in [5.74, 6) is -0.964. The number of terminal acetylenes is 1. The topological polar surface area (TPSA) is 133 Å². The number of nitrogens with zero attached hydrogens (tertiary/aromatic N) is 1. The first-order chi connectivity index (χ1) is 15.7. The molecule has 178 valence electrons. The molecular formula is C21H22F3N3O6. The van der Waals surface area contributed by atoms with Crippen LogP contribution in [0.2, 0.25) is 0 Å². The third-order valence-electron chi connectivity index (χ3n) is 4.24. The normalized spacial score (nSPS) is 21.1. The zero-order valence-electron chi connectivity index (χ0n) is 17.2. The fourth-order valence-electron chi connectivity index (χ4n) is 2.59. The maximum atomic E-state index is 15.2. The minimum Gasteiger partial charge on any atom is -0.394 e. The number of anilines is 1. The minimum atomic E-state index is -2.99. The van der Waals surface area contributed by atoms with Gasteiger partial charge in [-0.2, -0.15) is 0 Å². The van der Waals surface area contributed by atoms with Gasteiger partial charge in [-0.25, -0.2) is 18.7 Å². The Morgan fingerprint density at radius 2 is 2.15 bits per heavy atom. The van der Waals surface area contributed by atoms with E-state index in [-0.39, 0.29) is 17.9 Å². The Kier molecular flexibility index (Phi) is 9.43. The van der Waals surface area contributed by atoms with Crippen LogP contribution in [-0.2, 0) is 14.5 Å². The molecule has 2 rings (SSSR count). The van der Waals surface area contributed by atoms with Crippen molar-refractivity contribution in [2.24, 2.45) is 5.16 Å². The van der Waals surface area contributed by atoms with Crippen molar-refractivity contribution >= 4 is 17.8 Å². The van der Waals surface area contributed by atoms with Crippen LogP contribution in [0.25, 0.3) is 0 Å².